The topological polar surface area (TPSA) is 131 Å². The second kappa shape index (κ2) is 12.4. The largest absolute Gasteiger partial charge is 0.527 e. The van der Waals surface area contributed by atoms with Crippen molar-refractivity contribution in [1.82, 2.24) is 5.32 Å². The Kier molecular flexibility index (Phi) is 8.50. The lowest BCUT2D eigenvalue weighted by Crippen LogP contribution is -2.42. The molecule has 3 N–H and O–H groups in total. The zero-order valence-electron chi connectivity index (χ0n) is 21.9. The van der Waals surface area contributed by atoms with Crippen LogP contribution in [-0.4, -0.2) is 34.7 Å². The number of rotatable bonds is 11. The van der Waals surface area contributed by atoms with E-state index in [1.54, 1.807) is 36.4 Å². The highest BCUT2D eigenvalue weighted by atomic mass is 31.2. The fraction of sp³-hybridized carbons (Fsp3) is 0.161. The Morgan fingerprint density at radius 1 is 0.805 bits per heavy atom. The number of benzene rings is 4. The van der Waals surface area contributed by atoms with Crippen molar-refractivity contribution in [2.45, 2.75) is 25.0 Å². The molecule has 10 heteroatoms. The Labute approximate surface area is 237 Å². The lowest BCUT2D eigenvalue weighted by Gasteiger charge is -2.18. The second-order valence-electron chi connectivity index (χ2n) is 9.53. The zero-order chi connectivity index (χ0) is 28.8. The van der Waals surface area contributed by atoms with Crippen LogP contribution in [-0.2, 0) is 31.6 Å². The molecule has 9 nitrogen and oxygen atoms in total. The van der Waals surface area contributed by atoms with Crippen molar-refractivity contribution >= 4 is 19.9 Å². The van der Waals surface area contributed by atoms with E-state index in [0.29, 0.717) is 11.1 Å². The Morgan fingerprint density at radius 3 is 2.00 bits per heavy atom. The number of carboxylic acid groups (broad SMARTS) is 1. The molecule has 1 unspecified atom stereocenters. The number of ether oxygens (including phenoxy) is 1. The van der Waals surface area contributed by atoms with Crippen LogP contribution < -0.4 is 9.84 Å². The number of hydrogen-bond acceptors (Lipinski definition) is 6. The Balaban J connectivity index is 1.15. The van der Waals surface area contributed by atoms with Gasteiger partial charge in [-0.1, -0.05) is 91.0 Å². The molecule has 1 amide bonds. The summed E-state index contributed by atoms with van der Waals surface area (Å²) in [4.78, 5) is 34.5. The van der Waals surface area contributed by atoms with Gasteiger partial charge in [0, 0.05) is 12.3 Å². The minimum Gasteiger partial charge on any atom is -0.480 e. The molecule has 0 fully saturated rings. The molecule has 0 saturated carbocycles. The number of aliphatic carboxylic acids is 1. The van der Waals surface area contributed by atoms with Gasteiger partial charge in [-0.15, -0.1) is 0 Å². The maximum Gasteiger partial charge on any atom is 0.527 e. The zero-order valence-corrected chi connectivity index (χ0v) is 22.8. The summed E-state index contributed by atoms with van der Waals surface area (Å²) >= 11 is 0. The van der Waals surface area contributed by atoms with E-state index in [-0.39, 0.29) is 31.3 Å². The SMILES string of the molecule is O=C(N[C@@H](Cc1ccc(OP(=O)(O)OCc2ccccc2)cc1)C(=O)O)OCC1c2ccccc2-c2ccccc21. The Bertz CT molecular complexity index is 1530. The van der Waals surface area contributed by atoms with Crippen LogP contribution in [0.3, 0.4) is 0 Å². The normalized spacial score (nSPS) is 14.3. The average Bonchev–Trinajstić information content (AvgIpc) is 3.29. The minimum atomic E-state index is -4.38. The molecule has 4 aromatic rings. The number of fused-ring (bicyclic) bond motifs is 3. The van der Waals surface area contributed by atoms with Crippen molar-refractivity contribution in [2.75, 3.05) is 6.61 Å². The van der Waals surface area contributed by atoms with Gasteiger partial charge < -0.3 is 19.7 Å². The summed E-state index contributed by atoms with van der Waals surface area (Å²) in [6.07, 6.45) is -0.878. The van der Waals surface area contributed by atoms with Crippen LogP contribution in [0, 0.1) is 0 Å². The van der Waals surface area contributed by atoms with Crippen molar-refractivity contribution < 1.29 is 37.9 Å². The summed E-state index contributed by atoms with van der Waals surface area (Å²) in [6, 6.07) is 29.4. The smallest absolute Gasteiger partial charge is 0.480 e. The van der Waals surface area contributed by atoms with Crippen LogP contribution in [0.4, 0.5) is 4.79 Å². The Morgan fingerprint density at radius 2 is 1.39 bits per heavy atom. The van der Waals surface area contributed by atoms with Gasteiger partial charge in [-0.25, -0.2) is 14.2 Å². The molecule has 1 aliphatic carbocycles. The predicted molar refractivity (Wildman–Crippen MR) is 151 cm³/mol. The molecule has 41 heavy (non-hydrogen) atoms. The first-order chi connectivity index (χ1) is 19.8. The number of hydrogen-bond donors (Lipinski definition) is 3. The van der Waals surface area contributed by atoms with Crippen LogP contribution in [0.25, 0.3) is 11.1 Å². The van der Waals surface area contributed by atoms with Gasteiger partial charge in [-0.2, -0.15) is 0 Å². The molecule has 0 heterocycles. The van der Waals surface area contributed by atoms with E-state index in [4.69, 9.17) is 13.8 Å². The summed E-state index contributed by atoms with van der Waals surface area (Å²) in [6.45, 7) is -0.0413. The number of alkyl carbamates (subject to hydrolysis) is 1. The van der Waals surface area contributed by atoms with E-state index in [1.165, 1.54) is 12.1 Å². The number of carbonyl (C=O) groups excluding carboxylic acids is 1. The van der Waals surface area contributed by atoms with E-state index < -0.39 is 25.9 Å². The quantitative estimate of drug-likeness (QED) is 0.189. The van der Waals surface area contributed by atoms with Gasteiger partial charge in [-0.05, 0) is 45.5 Å². The van der Waals surface area contributed by atoms with Crippen molar-refractivity contribution in [3.8, 4) is 16.9 Å². The van der Waals surface area contributed by atoms with E-state index in [2.05, 4.69) is 5.32 Å². The van der Waals surface area contributed by atoms with Gasteiger partial charge in [0.05, 0.1) is 6.61 Å². The molecule has 5 rings (SSSR count). The number of amides is 1. The van der Waals surface area contributed by atoms with Crippen LogP contribution in [0.5, 0.6) is 5.75 Å². The standard InChI is InChI=1S/C31H28NO8P/c33-30(34)29(18-21-14-16-23(17-15-21)40-41(36,37)39-19-22-8-2-1-3-9-22)32-31(35)38-20-28-26-12-6-4-10-24(26)25-11-5-7-13-27(25)28/h1-17,28-29H,18-20H2,(H,32,35)(H,33,34)(H,36,37)/t29-/m0/s1. The summed E-state index contributed by atoms with van der Waals surface area (Å²) in [5.74, 6) is -1.31. The lowest BCUT2D eigenvalue weighted by atomic mass is 9.98. The van der Waals surface area contributed by atoms with Crippen LogP contribution in [0.2, 0.25) is 0 Å². The fourth-order valence-corrected chi connectivity index (χ4v) is 5.55. The van der Waals surface area contributed by atoms with Crippen molar-refractivity contribution in [1.29, 1.82) is 0 Å². The minimum absolute atomic E-state index is 0.0406. The third-order valence-electron chi connectivity index (χ3n) is 6.75. The van der Waals surface area contributed by atoms with Gasteiger partial charge in [-0.3, -0.25) is 9.42 Å². The number of phosphoric ester groups is 1. The molecule has 4 aromatic carbocycles. The molecular formula is C31H28NO8P. The summed E-state index contributed by atoms with van der Waals surface area (Å²) in [5, 5.41) is 12.1. The number of carboxylic acids is 1. The average molecular weight is 574 g/mol. The maximum atomic E-state index is 12.6. The van der Waals surface area contributed by atoms with Gasteiger partial charge in [0.2, 0.25) is 0 Å². The highest BCUT2D eigenvalue weighted by Gasteiger charge is 2.30. The summed E-state index contributed by atoms with van der Waals surface area (Å²) in [7, 11) is -4.38. The molecular weight excluding hydrogens is 545 g/mol. The molecule has 1 aliphatic rings. The predicted octanol–water partition coefficient (Wildman–Crippen LogP) is 5.92. The maximum absolute atomic E-state index is 12.6. The van der Waals surface area contributed by atoms with Gasteiger partial charge in [0.1, 0.15) is 18.4 Å². The molecule has 2 atom stereocenters. The van der Waals surface area contributed by atoms with Gasteiger partial charge in [0.25, 0.3) is 0 Å². The van der Waals surface area contributed by atoms with E-state index in [1.807, 2.05) is 54.6 Å². The fourth-order valence-electron chi connectivity index (χ4n) is 4.79. The molecule has 210 valence electrons. The molecule has 0 saturated heterocycles. The Hall–Kier alpha value is -4.43. The summed E-state index contributed by atoms with van der Waals surface area (Å²) < 4.78 is 27.9. The van der Waals surface area contributed by atoms with E-state index in [9.17, 15) is 24.2 Å². The molecule has 0 aromatic heterocycles. The molecule has 0 radical (unpaired) electrons. The molecule has 0 bridgehead atoms. The third kappa shape index (κ3) is 7.02. The molecule has 0 aliphatic heterocycles. The van der Waals surface area contributed by atoms with Gasteiger partial charge >= 0.3 is 19.9 Å². The van der Waals surface area contributed by atoms with Gasteiger partial charge in [0.15, 0.2) is 0 Å². The van der Waals surface area contributed by atoms with E-state index >= 15 is 0 Å². The first kappa shape index (κ1) is 28.1. The second-order valence-corrected chi connectivity index (χ2v) is 10.9. The highest BCUT2D eigenvalue weighted by Crippen LogP contribution is 2.45. The number of carbonyl (C=O) groups is 2. The third-order valence-corrected chi connectivity index (χ3v) is 7.65. The van der Waals surface area contributed by atoms with Crippen molar-refractivity contribution in [3.63, 3.8) is 0 Å². The van der Waals surface area contributed by atoms with Crippen LogP contribution in [0.1, 0.15) is 28.2 Å². The van der Waals surface area contributed by atoms with Crippen molar-refractivity contribution in [2.24, 2.45) is 0 Å². The van der Waals surface area contributed by atoms with Crippen LogP contribution in [0.15, 0.2) is 103 Å². The number of nitrogens with one attached hydrogen (secondary N) is 1. The van der Waals surface area contributed by atoms with E-state index in [0.717, 1.165) is 22.3 Å². The summed E-state index contributed by atoms with van der Waals surface area (Å²) in [5.41, 5.74) is 5.56. The monoisotopic (exact) mass is 573 g/mol. The van der Waals surface area contributed by atoms with Crippen LogP contribution >= 0.6 is 7.82 Å². The molecule has 0 spiro atoms. The first-order valence-electron chi connectivity index (χ1n) is 12.9. The lowest BCUT2D eigenvalue weighted by molar-refractivity contribution is -0.139. The van der Waals surface area contributed by atoms with Crippen molar-refractivity contribution in [3.05, 3.63) is 125 Å². The highest BCUT2D eigenvalue weighted by molar-refractivity contribution is 7.47. The first-order valence-corrected chi connectivity index (χ1v) is 14.4. The number of phosphoric acid groups is 1.